The molecule has 2 aliphatic rings. The van der Waals surface area contributed by atoms with E-state index in [0.29, 0.717) is 0 Å². The van der Waals surface area contributed by atoms with E-state index in [4.69, 9.17) is 9.47 Å². The molecule has 1 saturated carbocycles. The summed E-state index contributed by atoms with van der Waals surface area (Å²) >= 11 is 0. The second-order valence-corrected chi connectivity index (χ2v) is 4.04. The van der Waals surface area contributed by atoms with Crippen molar-refractivity contribution >= 4 is 0 Å². The molecule has 76 valence electrons. The van der Waals surface area contributed by atoms with Gasteiger partial charge >= 0.3 is 0 Å². The molecule has 0 spiro atoms. The Hall–Kier alpha value is -0.200. The number of fused-ring (bicyclic) bond motifs is 1. The van der Waals surface area contributed by atoms with Crippen LogP contribution in [0.1, 0.15) is 13.8 Å². The molecule has 1 heterocycles. The van der Waals surface area contributed by atoms with E-state index in [9.17, 15) is 15.3 Å². The molecule has 1 aliphatic carbocycles. The highest BCUT2D eigenvalue weighted by atomic mass is 16.8. The fourth-order valence-corrected chi connectivity index (χ4v) is 1.94. The van der Waals surface area contributed by atoms with Crippen LogP contribution in [0.15, 0.2) is 0 Å². The Morgan fingerprint density at radius 1 is 0.846 bits per heavy atom. The molecule has 2 rings (SSSR count). The number of aliphatic hydroxyl groups is 3. The molecule has 1 aliphatic heterocycles. The van der Waals surface area contributed by atoms with Gasteiger partial charge in [-0.05, 0) is 13.8 Å². The number of hydrogen-bond acceptors (Lipinski definition) is 5. The van der Waals surface area contributed by atoms with Gasteiger partial charge in [-0.3, -0.25) is 0 Å². The van der Waals surface area contributed by atoms with Gasteiger partial charge in [-0.15, -0.1) is 0 Å². The average molecular weight is 190 g/mol. The van der Waals surface area contributed by atoms with Crippen molar-refractivity contribution in [2.24, 2.45) is 0 Å². The molecule has 0 aromatic heterocycles. The Morgan fingerprint density at radius 3 is 1.62 bits per heavy atom. The van der Waals surface area contributed by atoms with Gasteiger partial charge in [0, 0.05) is 0 Å². The standard InChI is InChI=1S/C8H14O5/c1-8(2)12-6-4(10)3(9)5(11)7(6)13-8/h3-7,9-11H,1-2H3. The monoisotopic (exact) mass is 190 g/mol. The molecule has 5 heteroatoms. The number of ether oxygens (including phenoxy) is 2. The molecule has 0 bridgehead atoms. The van der Waals surface area contributed by atoms with E-state index in [1.54, 1.807) is 13.8 Å². The first kappa shape index (κ1) is 9.36. The van der Waals surface area contributed by atoms with Crippen molar-refractivity contribution in [2.45, 2.75) is 50.2 Å². The van der Waals surface area contributed by atoms with Crippen LogP contribution in [0.3, 0.4) is 0 Å². The van der Waals surface area contributed by atoms with Crippen molar-refractivity contribution in [1.29, 1.82) is 0 Å². The summed E-state index contributed by atoms with van der Waals surface area (Å²) in [6, 6.07) is 0. The summed E-state index contributed by atoms with van der Waals surface area (Å²) < 4.78 is 10.7. The van der Waals surface area contributed by atoms with Gasteiger partial charge in [-0.25, -0.2) is 0 Å². The minimum Gasteiger partial charge on any atom is -0.387 e. The second kappa shape index (κ2) is 2.65. The average Bonchev–Trinajstić information content (AvgIpc) is 2.44. The molecule has 0 aromatic carbocycles. The summed E-state index contributed by atoms with van der Waals surface area (Å²) in [6.45, 7) is 3.41. The zero-order valence-electron chi connectivity index (χ0n) is 7.54. The zero-order chi connectivity index (χ0) is 9.80. The quantitative estimate of drug-likeness (QED) is 0.438. The highest BCUT2D eigenvalue weighted by Gasteiger charge is 2.57. The van der Waals surface area contributed by atoms with E-state index in [1.807, 2.05) is 0 Å². The lowest BCUT2D eigenvalue weighted by atomic mass is 10.2. The van der Waals surface area contributed by atoms with Crippen molar-refractivity contribution in [1.82, 2.24) is 0 Å². The lowest BCUT2D eigenvalue weighted by molar-refractivity contribution is -0.188. The van der Waals surface area contributed by atoms with Crippen LogP contribution in [-0.4, -0.2) is 51.6 Å². The maximum absolute atomic E-state index is 9.46. The molecule has 13 heavy (non-hydrogen) atoms. The molecular weight excluding hydrogens is 176 g/mol. The van der Waals surface area contributed by atoms with Crippen LogP contribution in [0, 0.1) is 0 Å². The molecule has 4 atom stereocenters. The van der Waals surface area contributed by atoms with Crippen LogP contribution in [0.4, 0.5) is 0 Å². The molecule has 0 amide bonds. The fraction of sp³-hybridized carbons (Fsp3) is 1.00. The number of hydrogen-bond donors (Lipinski definition) is 3. The molecule has 2 fully saturated rings. The molecule has 4 unspecified atom stereocenters. The van der Waals surface area contributed by atoms with Crippen molar-refractivity contribution in [3.05, 3.63) is 0 Å². The third-order valence-corrected chi connectivity index (χ3v) is 2.54. The van der Waals surface area contributed by atoms with Crippen LogP contribution in [0.5, 0.6) is 0 Å². The number of rotatable bonds is 0. The first-order valence-electron chi connectivity index (χ1n) is 4.32. The molecule has 3 N–H and O–H groups in total. The lowest BCUT2D eigenvalue weighted by Gasteiger charge is -2.22. The maximum atomic E-state index is 9.46. The first-order valence-corrected chi connectivity index (χ1v) is 4.32. The van der Waals surface area contributed by atoms with Gasteiger partial charge in [0.15, 0.2) is 5.79 Å². The summed E-state index contributed by atoms with van der Waals surface area (Å²) in [5.74, 6) is -0.794. The summed E-state index contributed by atoms with van der Waals surface area (Å²) in [5.41, 5.74) is 0. The summed E-state index contributed by atoms with van der Waals surface area (Å²) in [5, 5.41) is 28.2. The lowest BCUT2D eigenvalue weighted by Crippen LogP contribution is -2.37. The van der Waals surface area contributed by atoms with Crippen LogP contribution < -0.4 is 0 Å². The van der Waals surface area contributed by atoms with Gasteiger partial charge in [0.1, 0.15) is 30.5 Å². The highest BCUT2D eigenvalue weighted by Crippen LogP contribution is 2.38. The van der Waals surface area contributed by atoms with E-state index >= 15 is 0 Å². The van der Waals surface area contributed by atoms with Crippen LogP contribution in [-0.2, 0) is 9.47 Å². The minimum atomic E-state index is -1.17. The molecule has 0 aromatic rings. The third kappa shape index (κ3) is 1.28. The largest absolute Gasteiger partial charge is 0.387 e. The Labute approximate surface area is 75.9 Å². The number of aliphatic hydroxyl groups excluding tert-OH is 3. The summed E-state index contributed by atoms with van der Waals surface area (Å²) in [4.78, 5) is 0. The predicted octanol–water partition coefficient (Wildman–Crippen LogP) is -1.40. The van der Waals surface area contributed by atoms with Crippen LogP contribution >= 0.6 is 0 Å². The highest BCUT2D eigenvalue weighted by molar-refractivity contribution is 5.04. The van der Waals surface area contributed by atoms with Crippen molar-refractivity contribution in [3.63, 3.8) is 0 Å². The molecule has 0 radical (unpaired) electrons. The Balaban J connectivity index is 2.18. The van der Waals surface area contributed by atoms with Gasteiger partial charge < -0.3 is 24.8 Å². The third-order valence-electron chi connectivity index (χ3n) is 2.54. The zero-order valence-corrected chi connectivity index (χ0v) is 7.54. The smallest absolute Gasteiger partial charge is 0.164 e. The fourth-order valence-electron chi connectivity index (χ4n) is 1.94. The van der Waals surface area contributed by atoms with Gasteiger partial charge in [0.05, 0.1) is 0 Å². The van der Waals surface area contributed by atoms with Crippen LogP contribution in [0.2, 0.25) is 0 Å². The Kier molecular flexibility index (Phi) is 1.91. The van der Waals surface area contributed by atoms with E-state index in [0.717, 1.165) is 0 Å². The van der Waals surface area contributed by atoms with Crippen molar-refractivity contribution < 1.29 is 24.8 Å². The molecule has 1 saturated heterocycles. The van der Waals surface area contributed by atoms with Crippen LogP contribution in [0.25, 0.3) is 0 Å². The van der Waals surface area contributed by atoms with E-state index in [-0.39, 0.29) is 0 Å². The van der Waals surface area contributed by atoms with Crippen molar-refractivity contribution in [2.75, 3.05) is 0 Å². The first-order chi connectivity index (χ1) is 5.92. The van der Waals surface area contributed by atoms with Gasteiger partial charge in [-0.2, -0.15) is 0 Å². The van der Waals surface area contributed by atoms with E-state index in [2.05, 4.69) is 0 Å². The van der Waals surface area contributed by atoms with Gasteiger partial charge in [0.2, 0.25) is 0 Å². The Bertz CT molecular complexity index is 197. The Morgan fingerprint density at radius 2 is 1.23 bits per heavy atom. The normalized spacial score (nSPS) is 53.8. The predicted molar refractivity (Wildman–Crippen MR) is 41.8 cm³/mol. The van der Waals surface area contributed by atoms with E-state index in [1.165, 1.54) is 0 Å². The minimum absolute atomic E-state index is 0.625. The molecular formula is C8H14O5. The van der Waals surface area contributed by atoms with Crippen molar-refractivity contribution in [3.8, 4) is 0 Å². The maximum Gasteiger partial charge on any atom is 0.164 e. The summed E-state index contributed by atoms with van der Waals surface area (Å²) in [6.07, 6.45) is -4.56. The second-order valence-electron chi connectivity index (χ2n) is 4.04. The summed E-state index contributed by atoms with van der Waals surface area (Å²) in [7, 11) is 0. The van der Waals surface area contributed by atoms with Gasteiger partial charge in [0.25, 0.3) is 0 Å². The van der Waals surface area contributed by atoms with Gasteiger partial charge in [-0.1, -0.05) is 0 Å². The molecule has 5 nitrogen and oxygen atoms in total. The van der Waals surface area contributed by atoms with E-state index < -0.39 is 36.3 Å². The SMILES string of the molecule is CC1(C)OC2C(O)C(O)C(O)C2O1. The topological polar surface area (TPSA) is 79.2 Å².